The Morgan fingerprint density at radius 1 is 1.41 bits per heavy atom. The van der Waals surface area contributed by atoms with Gasteiger partial charge in [-0.2, -0.15) is 0 Å². The molecule has 0 bridgehead atoms. The molecule has 0 aliphatic carbocycles. The van der Waals surface area contributed by atoms with Crippen LogP contribution in [0.15, 0.2) is 16.9 Å². The first-order valence-corrected chi connectivity index (χ1v) is 5.24. The van der Waals surface area contributed by atoms with E-state index in [1.54, 1.807) is 6.92 Å². The molecular formula is C9H6Cl2N4O2. The van der Waals surface area contributed by atoms with Crippen molar-refractivity contribution in [3.8, 4) is 0 Å². The van der Waals surface area contributed by atoms with Gasteiger partial charge < -0.3 is 9.84 Å². The van der Waals surface area contributed by atoms with Gasteiger partial charge >= 0.3 is 0 Å². The van der Waals surface area contributed by atoms with Crippen molar-refractivity contribution in [2.45, 2.75) is 6.92 Å². The van der Waals surface area contributed by atoms with Gasteiger partial charge in [0.2, 0.25) is 0 Å². The number of nitrogens with one attached hydrogen (secondary N) is 1. The molecule has 0 spiro atoms. The van der Waals surface area contributed by atoms with Crippen LogP contribution in [0.1, 0.15) is 16.2 Å². The van der Waals surface area contributed by atoms with Crippen LogP contribution < -0.4 is 5.32 Å². The third-order valence-corrected chi connectivity index (χ3v) is 2.58. The second-order valence-corrected chi connectivity index (χ2v) is 3.84. The zero-order valence-corrected chi connectivity index (χ0v) is 10.1. The summed E-state index contributed by atoms with van der Waals surface area (Å²) in [6.45, 7) is 1.68. The maximum Gasteiger partial charge on any atom is 0.279 e. The summed E-state index contributed by atoms with van der Waals surface area (Å²) in [6, 6.07) is 1.49. The Bertz CT molecular complexity index is 570. The lowest BCUT2D eigenvalue weighted by Gasteiger charge is -2.03. The van der Waals surface area contributed by atoms with Gasteiger partial charge in [0.1, 0.15) is 17.1 Å². The Balaban J connectivity index is 2.21. The number of hydrogen-bond donors (Lipinski definition) is 1. The monoisotopic (exact) mass is 272 g/mol. The number of carbonyl (C=O) groups is 1. The normalized spacial score (nSPS) is 10.3. The lowest BCUT2D eigenvalue weighted by Crippen LogP contribution is -2.13. The number of aromatic nitrogens is 3. The molecular weight excluding hydrogens is 267 g/mol. The number of nitrogens with zero attached hydrogens (tertiary/aromatic N) is 3. The molecule has 2 heterocycles. The van der Waals surface area contributed by atoms with Crippen LogP contribution in [0.2, 0.25) is 10.2 Å². The summed E-state index contributed by atoms with van der Waals surface area (Å²) in [6.07, 6.45) is 1.19. The summed E-state index contributed by atoms with van der Waals surface area (Å²) < 4.78 is 4.77. The minimum absolute atomic E-state index is 0.0632. The molecule has 1 N–H and O–H groups in total. The quantitative estimate of drug-likeness (QED) is 0.849. The van der Waals surface area contributed by atoms with Crippen LogP contribution in [0.5, 0.6) is 0 Å². The van der Waals surface area contributed by atoms with Gasteiger partial charge in [-0.15, -0.1) is 0 Å². The average Bonchev–Trinajstić information content (AvgIpc) is 2.72. The molecule has 1 amide bonds. The Labute approximate surface area is 106 Å². The molecule has 2 aromatic heterocycles. The van der Waals surface area contributed by atoms with Crippen LogP contribution >= 0.6 is 23.2 Å². The molecule has 0 unspecified atom stereocenters. The van der Waals surface area contributed by atoms with E-state index >= 15 is 0 Å². The topological polar surface area (TPSA) is 80.9 Å². The van der Waals surface area contributed by atoms with Crippen molar-refractivity contribution in [2.24, 2.45) is 0 Å². The molecule has 0 aromatic carbocycles. The molecule has 6 nitrogen and oxygen atoms in total. The predicted molar refractivity (Wildman–Crippen MR) is 61.2 cm³/mol. The van der Waals surface area contributed by atoms with Gasteiger partial charge in [-0.25, -0.2) is 9.97 Å². The molecule has 8 heteroatoms. The molecule has 17 heavy (non-hydrogen) atoms. The number of anilines is 1. The third-order valence-electron chi connectivity index (χ3n) is 1.84. The van der Waals surface area contributed by atoms with Crippen molar-refractivity contribution in [3.63, 3.8) is 0 Å². The predicted octanol–water partition coefficient (Wildman–Crippen LogP) is 2.33. The Morgan fingerprint density at radius 2 is 2.18 bits per heavy atom. The molecule has 2 aromatic rings. The maximum absolute atomic E-state index is 11.7. The summed E-state index contributed by atoms with van der Waals surface area (Å²) in [5.41, 5.74) is 0.133. The van der Waals surface area contributed by atoms with Crippen LogP contribution in [0, 0.1) is 6.92 Å². The molecule has 0 saturated carbocycles. The van der Waals surface area contributed by atoms with E-state index in [1.165, 1.54) is 12.4 Å². The minimum atomic E-state index is -0.487. The highest BCUT2D eigenvalue weighted by Gasteiger charge is 2.15. The first-order chi connectivity index (χ1) is 8.08. The fourth-order valence-corrected chi connectivity index (χ4v) is 1.36. The molecule has 0 aliphatic heterocycles. The van der Waals surface area contributed by atoms with Crippen LogP contribution in [-0.2, 0) is 0 Å². The van der Waals surface area contributed by atoms with Crippen LogP contribution in [0.4, 0.5) is 5.82 Å². The smallest absolute Gasteiger partial charge is 0.279 e. The van der Waals surface area contributed by atoms with E-state index in [0.717, 1.165) is 0 Å². The second-order valence-electron chi connectivity index (χ2n) is 3.10. The summed E-state index contributed by atoms with van der Waals surface area (Å²) in [4.78, 5) is 19.1. The zero-order valence-electron chi connectivity index (χ0n) is 8.57. The van der Waals surface area contributed by atoms with Gasteiger partial charge in [0.05, 0.1) is 0 Å². The molecule has 0 fully saturated rings. The summed E-state index contributed by atoms with van der Waals surface area (Å²) in [5, 5.41) is 6.14. The fraction of sp³-hybridized carbons (Fsp3) is 0.111. The fourth-order valence-electron chi connectivity index (χ4n) is 1.08. The summed E-state index contributed by atoms with van der Waals surface area (Å²) >= 11 is 11.5. The van der Waals surface area contributed by atoms with Crippen molar-refractivity contribution in [2.75, 3.05) is 5.32 Å². The average molecular weight is 273 g/mol. The van der Waals surface area contributed by atoms with E-state index in [4.69, 9.17) is 27.7 Å². The SMILES string of the molecule is Cc1cc(C(=O)Nc2ncnc(Cl)c2Cl)no1. The van der Waals surface area contributed by atoms with Gasteiger partial charge in [-0.05, 0) is 6.92 Å². The highest BCUT2D eigenvalue weighted by atomic mass is 35.5. The summed E-state index contributed by atoms with van der Waals surface area (Å²) in [5.74, 6) is 0.165. The van der Waals surface area contributed by atoms with Crippen molar-refractivity contribution >= 4 is 34.9 Å². The van der Waals surface area contributed by atoms with E-state index in [-0.39, 0.29) is 21.7 Å². The first kappa shape index (κ1) is 11.8. The highest BCUT2D eigenvalue weighted by Crippen LogP contribution is 2.25. The molecule has 2 rings (SSSR count). The molecule has 88 valence electrons. The van der Waals surface area contributed by atoms with Gasteiger partial charge in [0, 0.05) is 6.07 Å². The first-order valence-electron chi connectivity index (χ1n) is 4.48. The lowest BCUT2D eigenvalue weighted by atomic mass is 10.3. The summed E-state index contributed by atoms with van der Waals surface area (Å²) in [7, 11) is 0. The van der Waals surface area contributed by atoms with E-state index in [0.29, 0.717) is 5.76 Å². The molecule has 0 saturated heterocycles. The number of rotatable bonds is 2. The van der Waals surface area contributed by atoms with Gasteiger partial charge in [-0.3, -0.25) is 4.79 Å². The standard InChI is InChI=1S/C9H6Cl2N4O2/c1-4-2-5(15-17-4)9(16)14-8-6(10)7(11)12-3-13-8/h2-3H,1H3,(H,12,13,14,16). The van der Waals surface area contributed by atoms with Crippen molar-refractivity contribution in [3.05, 3.63) is 34.0 Å². The van der Waals surface area contributed by atoms with Crippen molar-refractivity contribution < 1.29 is 9.32 Å². The van der Waals surface area contributed by atoms with E-state index in [1.807, 2.05) is 0 Å². The van der Waals surface area contributed by atoms with E-state index in [9.17, 15) is 4.79 Å². The molecule has 0 radical (unpaired) electrons. The highest BCUT2D eigenvalue weighted by molar-refractivity contribution is 6.43. The van der Waals surface area contributed by atoms with Crippen molar-refractivity contribution in [1.29, 1.82) is 0 Å². The van der Waals surface area contributed by atoms with Crippen LogP contribution in [-0.4, -0.2) is 21.0 Å². The zero-order chi connectivity index (χ0) is 12.4. The largest absolute Gasteiger partial charge is 0.361 e. The van der Waals surface area contributed by atoms with Gasteiger partial charge in [0.25, 0.3) is 5.91 Å². The number of amides is 1. The van der Waals surface area contributed by atoms with Gasteiger partial charge in [-0.1, -0.05) is 28.4 Å². The lowest BCUT2D eigenvalue weighted by molar-refractivity contribution is 0.101. The van der Waals surface area contributed by atoms with Crippen LogP contribution in [0.3, 0.4) is 0 Å². The third kappa shape index (κ3) is 2.54. The minimum Gasteiger partial charge on any atom is -0.361 e. The Hall–Kier alpha value is -1.66. The van der Waals surface area contributed by atoms with Crippen molar-refractivity contribution in [1.82, 2.24) is 15.1 Å². The molecule has 0 aliphatic rings. The van der Waals surface area contributed by atoms with E-state index in [2.05, 4.69) is 20.4 Å². The van der Waals surface area contributed by atoms with Gasteiger partial charge in [0.15, 0.2) is 16.7 Å². The number of halogens is 2. The van der Waals surface area contributed by atoms with E-state index < -0.39 is 5.91 Å². The van der Waals surface area contributed by atoms with Crippen LogP contribution in [0.25, 0.3) is 0 Å². The second kappa shape index (κ2) is 4.68. The Kier molecular flexibility index (Phi) is 3.26. The molecule has 0 atom stereocenters. The maximum atomic E-state index is 11.7. The Morgan fingerprint density at radius 3 is 2.82 bits per heavy atom. The number of aryl methyl sites for hydroxylation is 1. The number of carbonyl (C=O) groups excluding carboxylic acids is 1. The number of hydrogen-bond acceptors (Lipinski definition) is 5.